The summed E-state index contributed by atoms with van der Waals surface area (Å²) in [6, 6.07) is 10.4. The number of hydrogen-bond acceptors (Lipinski definition) is 2. The summed E-state index contributed by atoms with van der Waals surface area (Å²) in [5, 5.41) is 11.8. The normalized spacial score (nSPS) is 13.1. The van der Waals surface area contributed by atoms with Gasteiger partial charge >= 0.3 is 5.97 Å². The average molecular weight is 233 g/mol. The summed E-state index contributed by atoms with van der Waals surface area (Å²) in [5.74, 6) is -0.455. The van der Waals surface area contributed by atoms with Crippen LogP contribution < -0.4 is 5.32 Å². The maximum atomic E-state index is 10.3. The highest BCUT2D eigenvalue weighted by molar-refractivity contribution is 5.79. The highest BCUT2D eigenvalue weighted by Crippen LogP contribution is 2.20. The van der Waals surface area contributed by atoms with Crippen LogP contribution in [0.15, 0.2) is 42.5 Å². The second-order valence-corrected chi connectivity index (χ2v) is 4.28. The van der Waals surface area contributed by atoms with Gasteiger partial charge in [-0.2, -0.15) is 0 Å². The minimum atomic E-state index is -0.910. The summed E-state index contributed by atoms with van der Waals surface area (Å²) in [4.78, 5) is 10.3. The zero-order valence-corrected chi connectivity index (χ0v) is 10.3. The molecule has 0 spiro atoms. The van der Waals surface area contributed by atoms with E-state index in [4.69, 9.17) is 5.11 Å². The molecule has 0 saturated carbocycles. The Morgan fingerprint density at radius 1 is 1.35 bits per heavy atom. The fourth-order valence-corrected chi connectivity index (χ4v) is 1.75. The molecule has 1 aromatic carbocycles. The quantitative estimate of drug-likeness (QED) is 0.742. The SMILES string of the molecule is CC(C)[C@@H](NC/C=C/C(=O)O)c1ccccc1. The molecule has 1 rings (SSSR count). The standard InChI is InChI=1S/C14H19NO2/c1-11(2)14(12-7-4-3-5-8-12)15-10-6-9-13(16)17/h3-9,11,14-15H,10H2,1-2H3,(H,16,17)/b9-6+/t14-/m1/s1. The summed E-state index contributed by atoms with van der Waals surface area (Å²) >= 11 is 0. The van der Waals surface area contributed by atoms with Gasteiger partial charge in [0.2, 0.25) is 0 Å². The van der Waals surface area contributed by atoms with Gasteiger partial charge < -0.3 is 10.4 Å². The lowest BCUT2D eigenvalue weighted by atomic mass is 9.96. The fraction of sp³-hybridized carbons (Fsp3) is 0.357. The molecule has 3 nitrogen and oxygen atoms in total. The van der Waals surface area contributed by atoms with Crippen molar-refractivity contribution in [1.29, 1.82) is 0 Å². The molecule has 1 atom stereocenters. The zero-order valence-electron chi connectivity index (χ0n) is 10.3. The van der Waals surface area contributed by atoms with Crippen LogP contribution in [0, 0.1) is 5.92 Å². The Morgan fingerprint density at radius 3 is 2.53 bits per heavy atom. The predicted octanol–water partition coefficient (Wildman–Crippen LogP) is 2.61. The van der Waals surface area contributed by atoms with E-state index in [-0.39, 0.29) is 6.04 Å². The van der Waals surface area contributed by atoms with Crippen LogP contribution in [0.1, 0.15) is 25.5 Å². The molecular weight excluding hydrogens is 214 g/mol. The van der Waals surface area contributed by atoms with Crippen LogP contribution in [-0.2, 0) is 4.79 Å². The number of carbonyl (C=O) groups is 1. The number of carboxylic acid groups (broad SMARTS) is 1. The smallest absolute Gasteiger partial charge is 0.328 e. The molecule has 0 saturated heterocycles. The van der Waals surface area contributed by atoms with Crippen LogP contribution in [0.25, 0.3) is 0 Å². The molecule has 0 unspecified atom stereocenters. The van der Waals surface area contributed by atoms with Crippen molar-refractivity contribution in [2.24, 2.45) is 5.92 Å². The largest absolute Gasteiger partial charge is 0.478 e. The van der Waals surface area contributed by atoms with E-state index in [1.165, 1.54) is 5.56 Å². The van der Waals surface area contributed by atoms with Gasteiger partial charge in [0, 0.05) is 18.7 Å². The summed E-state index contributed by atoms with van der Waals surface area (Å²) in [5.41, 5.74) is 1.23. The second kappa shape index (κ2) is 6.86. The first-order valence-corrected chi connectivity index (χ1v) is 5.79. The molecule has 1 aromatic rings. The molecule has 0 fully saturated rings. The predicted molar refractivity (Wildman–Crippen MR) is 68.8 cm³/mol. The molecule has 2 N–H and O–H groups in total. The highest BCUT2D eigenvalue weighted by atomic mass is 16.4. The molecular formula is C14H19NO2. The van der Waals surface area contributed by atoms with Crippen molar-refractivity contribution in [3.8, 4) is 0 Å². The van der Waals surface area contributed by atoms with Crippen LogP contribution in [0.5, 0.6) is 0 Å². The van der Waals surface area contributed by atoms with E-state index >= 15 is 0 Å². The van der Waals surface area contributed by atoms with Crippen molar-refractivity contribution in [1.82, 2.24) is 5.32 Å². The molecule has 92 valence electrons. The third kappa shape index (κ3) is 4.83. The van der Waals surface area contributed by atoms with Gasteiger partial charge in [-0.15, -0.1) is 0 Å². The van der Waals surface area contributed by atoms with Gasteiger partial charge in [0.15, 0.2) is 0 Å². The van der Waals surface area contributed by atoms with Crippen LogP contribution in [0.2, 0.25) is 0 Å². The van der Waals surface area contributed by atoms with E-state index in [1.54, 1.807) is 6.08 Å². The summed E-state index contributed by atoms with van der Waals surface area (Å²) in [6.45, 7) is 4.85. The van der Waals surface area contributed by atoms with Crippen molar-refractivity contribution >= 4 is 5.97 Å². The highest BCUT2D eigenvalue weighted by Gasteiger charge is 2.13. The van der Waals surface area contributed by atoms with E-state index in [1.807, 2.05) is 18.2 Å². The molecule has 0 aromatic heterocycles. The summed E-state index contributed by atoms with van der Waals surface area (Å²) in [6.07, 6.45) is 2.79. The lowest BCUT2D eigenvalue weighted by Gasteiger charge is -2.22. The van der Waals surface area contributed by atoms with Crippen LogP contribution in [0.4, 0.5) is 0 Å². The molecule has 0 aliphatic heterocycles. The molecule has 0 aliphatic rings. The first-order valence-electron chi connectivity index (χ1n) is 5.79. The Balaban J connectivity index is 2.59. The number of benzene rings is 1. The number of rotatable bonds is 6. The first-order chi connectivity index (χ1) is 8.11. The number of nitrogens with one attached hydrogen (secondary N) is 1. The molecule has 0 heterocycles. The maximum Gasteiger partial charge on any atom is 0.328 e. The van der Waals surface area contributed by atoms with E-state index in [2.05, 4.69) is 31.3 Å². The Labute approximate surface area is 102 Å². The van der Waals surface area contributed by atoms with Gasteiger partial charge in [-0.25, -0.2) is 4.79 Å². The second-order valence-electron chi connectivity index (χ2n) is 4.28. The molecule has 17 heavy (non-hydrogen) atoms. The van der Waals surface area contributed by atoms with Gasteiger partial charge in [0.25, 0.3) is 0 Å². The maximum absolute atomic E-state index is 10.3. The Bertz CT molecular complexity index is 371. The van der Waals surface area contributed by atoms with Crippen LogP contribution in [-0.4, -0.2) is 17.6 Å². The third-order valence-corrected chi connectivity index (χ3v) is 2.54. The lowest BCUT2D eigenvalue weighted by Crippen LogP contribution is -2.25. The van der Waals surface area contributed by atoms with Crippen molar-refractivity contribution < 1.29 is 9.90 Å². The average Bonchev–Trinajstić information content (AvgIpc) is 2.29. The zero-order chi connectivity index (χ0) is 12.7. The first kappa shape index (κ1) is 13.5. The van der Waals surface area contributed by atoms with Crippen LogP contribution >= 0.6 is 0 Å². The van der Waals surface area contributed by atoms with Crippen LogP contribution in [0.3, 0.4) is 0 Å². The number of hydrogen-bond donors (Lipinski definition) is 2. The van der Waals surface area contributed by atoms with Gasteiger partial charge in [0.1, 0.15) is 0 Å². The van der Waals surface area contributed by atoms with Crippen molar-refractivity contribution in [3.05, 3.63) is 48.0 Å². The minimum absolute atomic E-state index is 0.245. The van der Waals surface area contributed by atoms with Crippen molar-refractivity contribution in [3.63, 3.8) is 0 Å². The van der Waals surface area contributed by atoms with E-state index < -0.39 is 5.97 Å². The van der Waals surface area contributed by atoms with E-state index in [9.17, 15) is 4.79 Å². The van der Waals surface area contributed by atoms with E-state index in [0.29, 0.717) is 12.5 Å². The van der Waals surface area contributed by atoms with Gasteiger partial charge in [-0.3, -0.25) is 0 Å². The topological polar surface area (TPSA) is 49.3 Å². The molecule has 0 bridgehead atoms. The van der Waals surface area contributed by atoms with Crippen molar-refractivity contribution in [2.75, 3.05) is 6.54 Å². The fourth-order valence-electron chi connectivity index (χ4n) is 1.75. The minimum Gasteiger partial charge on any atom is -0.478 e. The van der Waals surface area contributed by atoms with E-state index in [0.717, 1.165) is 6.08 Å². The summed E-state index contributed by atoms with van der Waals surface area (Å²) in [7, 11) is 0. The monoisotopic (exact) mass is 233 g/mol. The molecule has 0 amide bonds. The van der Waals surface area contributed by atoms with Gasteiger partial charge in [-0.05, 0) is 11.5 Å². The lowest BCUT2D eigenvalue weighted by molar-refractivity contribution is -0.131. The molecule has 3 heteroatoms. The van der Waals surface area contributed by atoms with Gasteiger partial charge in [-0.1, -0.05) is 50.3 Å². The molecule has 0 radical (unpaired) electrons. The Hall–Kier alpha value is -1.61. The third-order valence-electron chi connectivity index (χ3n) is 2.54. The number of carboxylic acids is 1. The van der Waals surface area contributed by atoms with Crippen molar-refractivity contribution in [2.45, 2.75) is 19.9 Å². The Kier molecular flexibility index (Phi) is 5.43. The number of aliphatic carboxylic acids is 1. The van der Waals surface area contributed by atoms with Gasteiger partial charge in [0.05, 0.1) is 0 Å². The summed E-state index contributed by atoms with van der Waals surface area (Å²) < 4.78 is 0. The molecule has 0 aliphatic carbocycles. The Morgan fingerprint density at radius 2 is 2.00 bits per heavy atom.